The minimum Gasteiger partial charge on any atom is -0.685 e. The second-order valence-electron chi connectivity index (χ2n) is 11.1. The van der Waals surface area contributed by atoms with Crippen molar-refractivity contribution in [1.82, 2.24) is 4.98 Å². The second-order valence-corrected chi connectivity index (χ2v) is 11.1. The molecule has 215 valence electrons. The number of aryl methyl sites for hydroxylation is 1. The van der Waals surface area contributed by atoms with Gasteiger partial charge < -0.3 is 15.2 Å². The van der Waals surface area contributed by atoms with Crippen LogP contribution >= 0.6 is 0 Å². The van der Waals surface area contributed by atoms with Crippen LogP contribution in [-0.4, -0.2) is 16.8 Å². The number of aromatic nitrogens is 1. The van der Waals surface area contributed by atoms with Crippen molar-refractivity contribution in [3.05, 3.63) is 114 Å². The van der Waals surface area contributed by atoms with Gasteiger partial charge in [0.15, 0.2) is 5.78 Å². The Kier molecular flexibility index (Phi) is 9.21. The van der Waals surface area contributed by atoms with Gasteiger partial charge in [-0.05, 0) is 38.1 Å². The molecular weight excluding hydrogens is 695 g/mol. The Balaban J connectivity index is 0.000000215. The maximum Gasteiger partial charge on any atom is 0.151 e. The minimum absolute atomic E-state index is 0. The van der Waals surface area contributed by atoms with Gasteiger partial charge in [-0.25, -0.2) is 0 Å². The van der Waals surface area contributed by atoms with Crippen molar-refractivity contribution in [3.63, 3.8) is 0 Å². The first kappa shape index (κ1) is 29.7. The van der Waals surface area contributed by atoms with Gasteiger partial charge in [0.2, 0.25) is 0 Å². The van der Waals surface area contributed by atoms with Gasteiger partial charge in [-0.15, -0.1) is 29.8 Å². The van der Waals surface area contributed by atoms with Crippen LogP contribution in [0.25, 0.3) is 38.1 Å². The molecule has 1 aliphatic heterocycles. The molecule has 42 heavy (non-hydrogen) atoms. The van der Waals surface area contributed by atoms with Crippen molar-refractivity contribution in [2.75, 3.05) is 4.90 Å². The largest absolute Gasteiger partial charge is 0.685 e. The molecule has 1 aliphatic carbocycles. The Morgan fingerprint density at radius 1 is 0.952 bits per heavy atom. The van der Waals surface area contributed by atoms with Crippen molar-refractivity contribution in [1.29, 1.82) is 0 Å². The molecule has 1 saturated carbocycles. The number of para-hydroxylation sites is 1. The number of carbonyl (C=O) groups is 1. The molecule has 0 bridgehead atoms. The fourth-order valence-electron chi connectivity index (χ4n) is 6.14. The number of fused-ring (bicyclic) bond motifs is 4. The molecule has 1 aromatic heterocycles. The number of hydrogen-bond acceptors (Lipinski definition) is 3. The molecule has 0 unspecified atom stereocenters. The number of ketones is 1. The van der Waals surface area contributed by atoms with Crippen LogP contribution in [0.4, 0.5) is 17.1 Å². The summed E-state index contributed by atoms with van der Waals surface area (Å²) in [6.45, 7) is 5.62. The average Bonchev–Trinajstić information content (AvgIpc) is 2.98. The van der Waals surface area contributed by atoms with Crippen molar-refractivity contribution >= 4 is 44.4 Å². The SMILES string of the molecule is CC(=O)/C=C(/C)[N-]C1CCCCC1.Cc1ccc2cnc3c(c2c1)N(c1ccccc1)c1cccc2cc[c-]c-3c12.[Ir]. The van der Waals surface area contributed by atoms with Gasteiger partial charge in [-0.1, -0.05) is 104 Å². The first-order valence-corrected chi connectivity index (χ1v) is 14.6. The number of nitrogens with zero attached hydrogens (tertiary/aromatic N) is 3. The maximum absolute atomic E-state index is 10.8. The van der Waals surface area contributed by atoms with Crippen molar-refractivity contribution in [2.45, 2.75) is 58.9 Å². The van der Waals surface area contributed by atoms with Crippen LogP contribution in [0.15, 0.2) is 96.8 Å². The summed E-state index contributed by atoms with van der Waals surface area (Å²) in [5, 5.41) is 9.30. The van der Waals surface area contributed by atoms with Gasteiger partial charge >= 0.3 is 0 Å². The van der Waals surface area contributed by atoms with Gasteiger partial charge in [0.25, 0.3) is 0 Å². The average molecular weight is 730 g/mol. The fourth-order valence-corrected chi connectivity index (χ4v) is 6.14. The van der Waals surface area contributed by atoms with Gasteiger partial charge in [-0.3, -0.25) is 4.79 Å². The molecule has 0 saturated heterocycles. The molecule has 5 heteroatoms. The number of allylic oxidation sites excluding steroid dienone is 2. The van der Waals surface area contributed by atoms with E-state index in [9.17, 15) is 4.79 Å². The Morgan fingerprint density at radius 2 is 1.74 bits per heavy atom. The Bertz CT molecular complexity index is 1750. The zero-order chi connectivity index (χ0) is 28.3. The minimum atomic E-state index is 0. The normalized spacial score (nSPS) is 14.5. The van der Waals surface area contributed by atoms with Gasteiger partial charge in [0.05, 0.1) is 0 Å². The van der Waals surface area contributed by atoms with E-state index in [1.165, 1.54) is 59.5 Å². The molecule has 5 aromatic rings. The molecular formula is C37H35IrN3O-2. The first-order chi connectivity index (χ1) is 20.0. The van der Waals surface area contributed by atoms with Gasteiger partial charge in [0, 0.05) is 59.8 Å². The molecule has 0 amide bonds. The summed E-state index contributed by atoms with van der Waals surface area (Å²) in [4.78, 5) is 18.0. The van der Waals surface area contributed by atoms with Crippen LogP contribution in [0.3, 0.4) is 0 Å². The van der Waals surface area contributed by atoms with E-state index in [1.807, 2.05) is 19.2 Å². The predicted molar refractivity (Wildman–Crippen MR) is 171 cm³/mol. The monoisotopic (exact) mass is 730 g/mol. The van der Waals surface area contributed by atoms with E-state index in [0.29, 0.717) is 6.04 Å². The molecule has 1 radical (unpaired) electrons. The molecule has 4 nitrogen and oxygen atoms in total. The van der Waals surface area contributed by atoms with E-state index in [4.69, 9.17) is 4.98 Å². The van der Waals surface area contributed by atoms with Gasteiger partial charge in [0.1, 0.15) is 0 Å². The summed E-state index contributed by atoms with van der Waals surface area (Å²) in [7, 11) is 0. The van der Waals surface area contributed by atoms with Crippen LogP contribution in [0.1, 0.15) is 51.5 Å². The molecule has 2 aliphatic rings. The zero-order valence-electron chi connectivity index (χ0n) is 24.4. The number of carbonyl (C=O) groups excluding carboxylic acids is 1. The number of hydrogen-bond donors (Lipinski definition) is 0. The molecule has 4 aromatic carbocycles. The van der Waals surface area contributed by atoms with Crippen molar-refractivity contribution in [2.24, 2.45) is 0 Å². The molecule has 1 fully saturated rings. The second kappa shape index (κ2) is 13.0. The van der Waals surface area contributed by atoms with Crippen molar-refractivity contribution < 1.29 is 24.9 Å². The summed E-state index contributed by atoms with van der Waals surface area (Å²) < 4.78 is 0. The standard InChI is InChI=1S/C26H17N2.C11H19NO.Ir/c1-17-13-14-19-16-27-25-21-11-5-7-18-8-6-12-23(24(18)21)28(26(25)22(19)15-17)20-9-3-2-4-10-20;1-9(8-10(2)13)12-11-6-4-3-5-7-11;/h2-10,12-16H,1H3;8,11H,3-7H2,1-2H3,(H,12,13);/q-1;;/p-1. The predicted octanol–water partition coefficient (Wildman–Crippen LogP) is 10.1. The number of rotatable bonds is 4. The summed E-state index contributed by atoms with van der Waals surface area (Å²) >= 11 is 0. The number of benzene rings is 4. The molecule has 0 spiro atoms. The van der Waals surface area contributed by atoms with E-state index in [1.54, 1.807) is 13.0 Å². The first-order valence-electron chi connectivity index (χ1n) is 14.6. The van der Waals surface area contributed by atoms with Crippen LogP contribution in [0.5, 0.6) is 0 Å². The van der Waals surface area contributed by atoms with Crippen LogP contribution in [-0.2, 0) is 24.9 Å². The van der Waals surface area contributed by atoms with E-state index in [2.05, 4.69) is 96.0 Å². The Labute approximate surface area is 262 Å². The summed E-state index contributed by atoms with van der Waals surface area (Å²) in [6, 6.07) is 31.7. The van der Waals surface area contributed by atoms with Crippen LogP contribution in [0, 0.1) is 13.0 Å². The summed E-state index contributed by atoms with van der Waals surface area (Å²) in [6.07, 6.45) is 9.93. The number of anilines is 3. The van der Waals surface area contributed by atoms with Crippen LogP contribution in [0.2, 0.25) is 0 Å². The van der Waals surface area contributed by atoms with E-state index < -0.39 is 0 Å². The molecule has 0 atom stereocenters. The topological polar surface area (TPSA) is 47.3 Å². The van der Waals surface area contributed by atoms with E-state index >= 15 is 0 Å². The quantitative estimate of drug-likeness (QED) is 0.134. The summed E-state index contributed by atoms with van der Waals surface area (Å²) in [5.74, 6) is 0.0945. The third-order valence-electron chi connectivity index (χ3n) is 7.92. The smallest absolute Gasteiger partial charge is 0.151 e. The van der Waals surface area contributed by atoms with Gasteiger partial charge in [-0.2, -0.15) is 5.70 Å². The molecule has 7 rings (SSSR count). The Hall–Kier alpha value is -3.79. The third kappa shape index (κ3) is 6.04. The molecule has 0 N–H and O–H groups in total. The van der Waals surface area contributed by atoms with Crippen LogP contribution < -0.4 is 4.90 Å². The Morgan fingerprint density at radius 3 is 2.50 bits per heavy atom. The fraction of sp³-hybridized carbons (Fsp3) is 0.243. The van der Waals surface area contributed by atoms with Crippen molar-refractivity contribution in [3.8, 4) is 11.3 Å². The van der Waals surface area contributed by atoms with E-state index in [-0.39, 0.29) is 25.9 Å². The van der Waals surface area contributed by atoms with E-state index in [0.717, 1.165) is 33.7 Å². The molecule has 2 heterocycles. The third-order valence-corrected chi connectivity index (χ3v) is 7.92. The summed E-state index contributed by atoms with van der Waals surface area (Å²) in [5.41, 5.74) is 7.66. The maximum atomic E-state index is 10.8. The zero-order valence-corrected chi connectivity index (χ0v) is 26.8. The number of pyridine rings is 1.